The molecule has 0 saturated carbocycles. The molecule has 0 atom stereocenters. The van der Waals surface area contributed by atoms with Crippen molar-refractivity contribution < 1.29 is 4.74 Å². The lowest BCUT2D eigenvalue weighted by molar-refractivity contribution is 0.416. The smallest absolute Gasteiger partial charge is 0.248 e. The molecule has 0 aliphatic rings. The molecule has 17 heavy (non-hydrogen) atoms. The van der Waals surface area contributed by atoms with Crippen molar-refractivity contribution in [1.29, 1.82) is 0 Å². The highest BCUT2D eigenvalue weighted by atomic mass is 16.5. The minimum absolute atomic E-state index is 0.158. The highest BCUT2D eigenvalue weighted by Crippen LogP contribution is 2.27. The van der Waals surface area contributed by atoms with Gasteiger partial charge < -0.3 is 15.5 Å². The van der Waals surface area contributed by atoms with Gasteiger partial charge in [-0.3, -0.25) is 4.79 Å². The molecule has 4 nitrogen and oxygen atoms in total. The lowest BCUT2D eigenvalue weighted by atomic mass is 10.1. The van der Waals surface area contributed by atoms with E-state index in [2.05, 4.69) is 4.98 Å². The van der Waals surface area contributed by atoms with E-state index < -0.39 is 0 Å². The SMILES string of the molecule is COc1ccccc1-c1cc(CN)cc(=O)[nH]1. The van der Waals surface area contributed by atoms with E-state index in [-0.39, 0.29) is 5.56 Å². The summed E-state index contributed by atoms with van der Waals surface area (Å²) in [6.07, 6.45) is 0. The number of benzene rings is 1. The van der Waals surface area contributed by atoms with E-state index in [1.54, 1.807) is 7.11 Å². The molecule has 4 heteroatoms. The number of H-pyrrole nitrogens is 1. The van der Waals surface area contributed by atoms with Crippen LogP contribution >= 0.6 is 0 Å². The van der Waals surface area contributed by atoms with Crippen LogP contribution in [-0.4, -0.2) is 12.1 Å². The van der Waals surface area contributed by atoms with Gasteiger partial charge in [0, 0.05) is 18.2 Å². The Kier molecular flexibility index (Phi) is 3.25. The fourth-order valence-electron chi connectivity index (χ4n) is 1.73. The van der Waals surface area contributed by atoms with Crippen LogP contribution in [0.3, 0.4) is 0 Å². The van der Waals surface area contributed by atoms with Gasteiger partial charge in [-0.25, -0.2) is 0 Å². The van der Waals surface area contributed by atoms with Crippen LogP contribution in [0.15, 0.2) is 41.2 Å². The minimum Gasteiger partial charge on any atom is -0.496 e. The van der Waals surface area contributed by atoms with Crippen molar-refractivity contribution in [2.45, 2.75) is 6.54 Å². The number of hydrogen-bond acceptors (Lipinski definition) is 3. The van der Waals surface area contributed by atoms with Crippen molar-refractivity contribution in [3.63, 3.8) is 0 Å². The number of nitrogens with two attached hydrogens (primary N) is 1. The maximum absolute atomic E-state index is 11.5. The largest absolute Gasteiger partial charge is 0.496 e. The number of ether oxygens (including phenoxy) is 1. The average molecular weight is 230 g/mol. The molecule has 3 N–H and O–H groups in total. The highest BCUT2D eigenvalue weighted by Gasteiger charge is 2.06. The molecule has 2 rings (SSSR count). The predicted molar refractivity (Wildman–Crippen MR) is 66.9 cm³/mol. The number of hydrogen-bond donors (Lipinski definition) is 2. The first kappa shape index (κ1) is 11.4. The monoisotopic (exact) mass is 230 g/mol. The maximum atomic E-state index is 11.5. The van der Waals surface area contributed by atoms with Crippen LogP contribution in [0.25, 0.3) is 11.3 Å². The second-order valence-corrected chi connectivity index (χ2v) is 3.67. The van der Waals surface area contributed by atoms with Gasteiger partial charge >= 0.3 is 0 Å². The third-order valence-electron chi connectivity index (χ3n) is 2.54. The third-order valence-corrected chi connectivity index (χ3v) is 2.54. The molecule has 1 heterocycles. The van der Waals surface area contributed by atoms with Crippen LogP contribution in [0.5, 0.6) is 5.75 Å². The van der Waals surface area contributed by atoms with Gasteiger partial charge in [0.25, 0.3) is 0 Å². The molecule has 88 valence electrons. The number of nitrogens with one attached hydrogen (secondary N) is 1. The van der Waals surface area contributed by atoms with Gasteiger partial charge in [-0.2, -0.15) is 0 Å². The first-order valence-corrected chi connectivity index (χ1v) is 5.31. The summed E-state index contributed by atoms with van der Waals surface area (Å²) in [6.45, 7) is 0.339. The quantitative estimate of drug-likeness (QED) is 0.839. The second-order valence-electron chi connectivity index (χ2n) is 3.67. The molecule has 0 aliphatic carbocycles. The van der Waals surface area contributed by atoms with Crippen LogP contribution in [-0.2, 0) is 6.54 Å². The number of para-hydroxylation sites is 1. The van der Waals surface area contributed by atoms with E-state index in [0.29, 0.717) is 6.54 Å². The summed E-state index contributed by atoms with van der Waals surface area (Å²) in [5.41, 5.74) is 7.76. The van der Waals surface area contributed by atoms with Crippen LogP contribution < -0.4 is 16.0 Å². The molecule has 1 aromatic carbocycles. The van der Waals surface area contributed by atoms with Gasteiger partial charge in [0.1, 0.15) is 5.75 Å². The summed E-state index contributed by atoms with van der Waals surface area (Å²) in [5.74, 6) is 0.720. The molecule has 0 bridgehead atoms. The summed E-state index contributed by atoms with van der Waals surface area (Å²) < 4.78 is 5.26. The number of aromatic nitrogens is 1. The van der Waals surface area contributed by atoms with Crippen molar-refractivity contribution in [2.75, 3.05) is 7.11 Å². The Morgan fingerprint density at radius 1 is 1.29 bits per heavy atom. The predicted octanol–water partition coefficient (Wildman–Crippen LogP) is 1.51. The Hall–Kier alpha value is -2.07. The number of aromatic amines is 1. The van der Waals surface area contributed by atoms with E-state index >= 15 is 0 Å². The average Bonchev–Trinajstić information content (AvgIpc) is 2.37. The minimum atomic E-state index is -0.158. The maximum Gasteiger partial charge on any atom is 0.248 e. The van der Waals surface area contributed by atoms with E-state index in [1.165, 1.54) is 6.07 Å². The first-order chi connectivity index (χ1) is 8.24. The highest BCUT2D eigenvalue weighted by molar-refractivity contribution is 5.67. The van der Waals surface area contributed by atoms with Crippen LogP contribution in [0.4, 0.5) is 0 Å². The molecular formula is C13H14N2O2. The lowest BCUT2D eigenvalue weighted by Gasteiger charge is -2.08. The van der Waals surface area contributed by atoms with Gasteiger partial charge in [-0.05, 0) is 23.8 Å². The second kappa shape index (κ2) is 4.84. The molecular weight excluding hydrogens is 216 g/mol. The molecule has 0 unspecified atom stereocenters. The molecule has 2 aromatic rings. The summed E-state index contributed by atoms with van der Waals surface area (Å²) in [4.78, 5) is 14.3. The van der Waals surface area contributed by atoms with Crippen molar-refractivity contribution in [2.24, 2.45) is 5.73 Å². The van der Waals surface area contributed by atoms with E-state index in [4.69, 9.17) is 10.5 Å². The molecule has 0 amide bonds. The van der Waals surface area contributed by atoms with Crippen molar-refractivity contribution in [3.05, 3.63) is 52.3 Å². The Morgan fingerprint density at radius 2 is 2.06 bits per heavy atom. The van der Waals surface area contributed by atoms with Crippen LogP contribution in [0, 0.1) is 0 Å². The summed E-state index contributed by atoms with van der Waals surface area (Å²) in [6, 6.07) is 10.9. The summed E-state index contributed by atoms with van der Waals surface area (Å²) >= 11 is 0. The van der Waals surface area contributed by atoms with Crippen LogP contribution in [0.1, 0.15) is 5.56 Å². The normalized spacial score (nSPS) is 10.2. The molecule has 0 spiro atoms. The van der Waals surface area contributed by atoms with Gasteiger partial charge in [-0.1, -0.05) is 12.1 Å². The zero-order chi connectivity index (χ0) is 12.3. The van der Waals surface area contributed by atoms with E-state index in [0.717, 1.165) is 22.6 Å². The topological polar surface area (TPSA) is 68.1 Å². The third kappa shape index (κ3) is 2.37. The Morgan fingerprint density at radius 3 is 2.76 bits per heavy atom. The van der Waals surface area contributed by atoms with Crippen molar-refractivity contribution >= 4 is 0 Å². The number of methoxy groups -OCH3 is 1. The molecule has 1 aromatic heterocycles. The van der Waals surface area contributed by atoms with Gasteiger partial charge in [0.05, 0.1) is 12.8 Å². The fourth-order valence-corrected chi connectivity index (χ4v) is 1.73. The van der Waals surface area contributed by atoms with Gasteiger partial charge in [0.15, 0.2) is 0 Å². The van der Waals surface area contributed by atoms with E-state index in [1.807, 2.05) is 30.3 Å². The zero-order valence-electron chi connectivity index (χ0n) is 9.57. The lowest BCUT2D eigenvalue weighted by Crippen LogP contribution is -2.09. The number of rotatable bonds is 3. The Bertz CT molecular complexity index is 576. The van der Waals surface area contributed by atoms with Crippen molar-refractivity contribution in [3.8, 4) is 17.0 Å². The summed E-state index contributed by atoms with van der Waals surface area (Å²) in [7, 11) is 1.60. The molecule has 0 aliphatic heterocycles. The molecule has 0 fully saturated rings. The van der Waals surface area contributed by atoms with Crippen LogP contribution in [0.2, 0.25) is 0 Å². The molecule has 0 radical (unpaired) electrons. The standard InChI is InChI=1S/C13H14N2O2/c1-17-12-5-3-2-4-10(12)11-6-9(8-14)7-13(16)15-11/h2-7H,8,14H2,1H3,(H,15,16). The van der Waals surface area contributed by atoms with E-state index in [9.17, 15) is 4.79 Å². The Balaban J connectivity index is 2.59. The number of pyridine rings is 1. The zero-order valence-corrected chi connectivity index (χ0v) is 9.57. The fraction of sp³-hybridized carbons (Fsp3) is 0.154. The van der Waals surface area contributed by atoms with Gasteiger partial charge in [-0.15, -0.1) is 0 Å². The molecule has 0 saturated heterocycles. The van der Waals surface area contributed by atoms with Gasteiger partial charge in [0.2, 0.25) is 5.56 Å². The first-order valence-electron chi connectivity index (χ1n) is 5.31. The van der Waals surface area contributed by atoms with Crippen molar-refractivity contribution in [1.82, 2.24) is 4.98 Å². The summed E-state index contributed by atoms with van der Waals surface area (Å²) in [5, 5.41) is 0. The Labute approximate surface area is 99.1 Å².